The average Bonchev–Trinajstić information content (AvgIpc) is 2.04. The molecule has 0 aliphatic heterocycles. The summed E-state index contributed by atoms with van der Waals surface area (Å²) in [6.45, 7) is 0. The summed E-state index contributed by atoms with van der Waals surface area (Å²) >= 11 is 0. The molecule has 12 heavy (non-hydrogen) atoms. The van der Waals surface area contributed by atoms with Crippen LogP contribution in [0.4, 0.5) is 11.5 Å². The summed E-state index contributed by atoms with van der Waals surface area (Å²) in [5.41, 5.74) is 1.13. The first-order chi connectivity index (χ1) is 5.61. The molecule has 0 atom stereocenters. The Bertz CT molecular complexity index is 211. The van der Waals surface area contributed by atoms with Crippen LogP contribution < -0.4 is 9.80 Å². The number of aromatic nitrogens is 1. The largest absolute Gasteiger partial charge is 0.376 e. The molecule has 0 radical (unpaired) electrons. The van der Waals surface area contributed by atoms with Crippen molar-refractivity contribution in [3.63, 3.8) is 0 Å². The van der Waals surface area contributed by atoms with Crippen LogP contribution in [-0.4, -0.2) is 33.2 Å². The summed E-state index contributed by atoms with van der Waals surface area (Å²) in [7, 11) is 7.98. The van der Waals surface area contributed by atoms with E-state index >= 15 is 0 Å². The molecular formula is C9H15N3. The predicted molar refractivity (Wildman–Crippen MR) is 52.9 cm³/mol. The van der Waals surface area contributed by atoms with Crippen molar-refractivity contribution < 1.29 is 0 Å². The number of rotatable bonds is 2. The molecule has 0 unspecified atom stereocenters. The van der Waals surface area contributed by atoms with E-state index in [0.717, 1.165) is 11.5 Å². The maximum atomic E-state index is 4.28. The first kappa shape index (κ1) is 8.84. The van der Waals surface area contributed by atoms with Crippen LogP contribution in [-0.2, 0) is 0 Å². The van der Waals surface area contributed by atoms with Gasteiger partial charge in [0.15, 0.2) is 0 Å². The minimum Gasteiger partial charge on any atom is -0.376 e. The quantitative estimate of drug-likeness (QED) is 0.656. The van der Waals surface area contributed by atoms with Crippen molar-refractivity contribution >= 4 is 11.5 Å². The average molecular weight is 165 g/mol. The molecule has 0 aromatic carbocycles. The van der Waals surface area contributed by atoms with Gasteiger partial charge < -0.3 is 9.80 Å². The van der Waals surface area contributed by atoms with Gasteiger partial charge in [0.2, 0.25) is 0 Å². The van der Waals surface area contributed by atoms with E-state index in [9.17, 15) is 0 Å². The molecule has 0 fully saturated rings. The number of nitrogens with zero attached hydrogens (tertiary/aromatic N) is 3. The highest BCUT2D eigenvalue weighted by Crippen LogP contribution is 2.13. The lowest BCUT2D eigenvalue weighted by molar-refractivity contribution is 1.05. The van der Waals surface area contributed by atoms with Gasteiger partial charge >= 0.3 is 0 Å². The predicted octanol–water partition coefficient (Wildman–Crippen LogP) is 1.21. The van der Waals surface area contributed by atoms with Crippen LogP contribution in [0.1, 0.15) is 0 Å². The van der Waals surface area contributed by atoms with E-state index in [-0.39, 0.29) is 0 Å². The van der Waals surface area contributed by atoms with Crippen molar-refractivity contribution in [1.29, 1.82) is 0 Å². The highest BCUT2D eigenvalue weighted by atomic mass is 15.1. The second-order valence-electron chi connectivity index (χ2n) is 3.16. The monoisotopic (exact) mass is 165 g/mol. The van der Waals surface area contributed by atoms with Gasteiger partial charge in [0.05, 0.1) is 11.9 Å². The van der Waals surface area contributed by atoms with Crippen molar-refractivity contribution in [2.45, 2.75) is 0 Å². The molecule has 0 spiro atoms. The molecule has 66 valence electrons. The third kappa shape index (κ3) is 1.87. The van der Waals surface area contributed by atoms with Gasteiger partial charge in [0.1, 0.15) is 5.82 Å². The summed E-state index contributed by atoms with van der Waals surface area (Å²) < 4.78 is 0. The Hall–Kier alpha value is -1.25. The summed E-state index contributed by atoms with van der Waals surface area (Å²) in [6, 6.07) is 4.07. The van der Waals surface area contributed by atoms with Crippen molar-refractivity contribution in [3.8, 4) is 0 Å². The summed E-state index contributed by atoms with van der Waals surface area (Å²) in [6.07, 6.45) is 1.87. The molecule has 0 bridgehead atoms. The van der Waals surface area contributed by atoms with E-state index in [1.165, 1.54) is 0 Å². The van der Waals surface area contributed by atoms with E-state index in [2.05, 4.69) is 11.1 Å². The van der Waals surface area contributed by atoms with Crippen LogP contribution in [0.2, 0.25) is 0 Å². The Kier molecular flexibility index (Phi) is 2.53. The fourth-order valence-electron chi connectivity index (χ4n) is 0.907. The topological polar surface area (TPSA) is 19.4 Å². The minimum atomic E-state index is 0.987. The Morgan fingerprint density at radius 3 is 2.00 bits per heavy atom. The van der Waals surface area contributed by atoms with E-state index in [4.69, 9.17) is 0 Å². The zero-order valence-electron chi connectivity index (χ0n) is 8.07. The van der Waals surface area contributed by atoms with Gasteiger partial charge in [0.25, 0.3) is 0 Å². The molecular weight excluding hydrogens is 150 g/mol. The molecule has 3 nitrogen and oxygen atoms in total. The van der Waals surface area contributed by atoms with Crippen LogP contribution in [0.15, 0.2) is 18.3 Å². The number of pyridine rings is 1. The molecule has 0 amide bonds. The summed E-state index contributed by atoms with van der Waals surface area (Å²) in [5.74, 6) is 0.987. The molecule has 1 aromatic heterocycles. The van der Waals surface area contributed by atoms with Gasteiger partial charge in [-0.2, -0.15) is 0 Å². The van der Waals surface area contributed by atoms with E-state index < -0.39 is 0 Å². The third-order valence-electron chi connectivity index (χ3n) is 1.71. The van der Waals surface area contributed by atoms with Crippen LogP contribution in [0.3, 0.4) is 0 Å². The van der Waals surface area contributed by atoms with Crippen LogP contribution in [0.25, 0.3) is 0 Å². The van der Waals surface area contributed by atoms with Gasteiger partial charge in [-0.05, 0) is 12.1 Å². The fraction of sp³-hybridized carbons (Fsp3) is 0.444. The van der Waals surface area contributed by atoms with Gasteiger partial charge in [-0.1, -0.05) is 0 Å². The molecule has 1 heterocycles. The zero-order valence-corrected chi connectivity index (χ0v) is 8.07. The standard InChI is InChI=1S/C9H15N3/c1-11(2)8-5-6-9(10-7-8)12(3)4/h5-7H,1-4H3. The molecule has 1 rings (SSSR count). The first-order valence-corrected chi connectivity index (χ1v) is 3.92. The summed E-state index contributed by atoms with van der Waals surface area (Å²) in [5, 5.41) is 0. The maximum Gasteiger partial charge on any atom is 0.128 e. The van der Waals surface area contributed by atoms with Crippen molar-refractivity contribution in [2.75, 3.05) is 38.0 Å². The Balaban J connectivity index is 2.86. The molecule has 0 aliphatic carbocycles. The third-order valence-corrected chi connectivity index (χ3v) is 1.71. The van der Waals surface area contributed by atoms with E-state index in [1.807, 2.05) is 50.3 Å². The second-order valence-corrected chi connectivity index (χ2v) is 3.16. The molecule has 0 saturated carbocycles. The van der Waals surface area contributed by atoms with Crippen molar-refractivity contribution in [1.82, 2.24) is 4.98 Å². The van der Waals surface area contributed by atoms with Crippen molar-refractivity contribution in [2.24, 2.45) is 0 Å². The maximum absolute atomic E-state index is 4.28. The molecule has 0 N–H and O–H groups in total. The van der Waals surface area contributed by atoms with E-state index in [1.54, 1.807) is 0 Å². The molecule has 0 aliphatic rings. The lowest BCUT2D eigenvalue weighted by Gasteiger charge is -2.14. The van der Waals surface area contributed by atoms with Gasteiger partial charge in [0, 0.05) is 28.2 Å². The lowest BCUT2D eigenvalue weighted by Crippen LogP contribution is -2.12. The number of anilines is 2. The van der Waals surface area contributed by atoms with Gasteiger partial charge in [-0.25, -0.2) is 4.98 Å². The van der Waals surface area contributed by atoms with Crippen LogP contribution >= 0.6 is 0 Å². The van der Waals surface area contributed by atoms with Crippen LogP contribution in [0.5, 0.6) is 0 Å². The summed E-state index contributed by atoms with van der Waals surface area (Å²) in [4.78, 5) is 8.30. The molecule has 1 aromatic rings. The number of hydrogen-bond acceptors (Lipinski definition) is 3. The van der Waals surface area contributed by atoms with Crippen molar-refractivity contribution in [3.05, 3.63) is 18.3 Å². The fourth-order valence-corrected chi connectivity index (χ4v) is 0.907. The van der Waals surface area contributed by atoms with E-state index in [0.29, 0.717) is 0 Å². The SMILES string of the molecule is CN(C)c1ccc(N(C)C)nc1. The molecule has 0 saturated heterocycles. The Labute approximate surface area is 73.6 Å². The highest BCUT2D eigenvalue weighted by Gasteiger charge is 1.97. The smallest absolute Gasteiger partial charge is 0.128 e. The molecule has 3 heteroatoms. The van der Waals surface area contributed by atoms with Gasteiger partial charge in [-0.3, -0.25) is 0 Å². The highest BCUT2D eigenvalue weighted by molar-refractivity contribution is 5.48. The minimum absolute atomic E-state index is 0.987. The first-order valence-electron chi connectivity index (χ1n) is 3.92. The lowest BCUT2D eigenvalue weighted by atomic mass is 10.4. The van der Waals surface area contributed by atoms with Gasteiger partial charge in [-0.15, -0.1) is 0 Å². The normalized spacial score (nSPS) is 9.67. The number of hydrogen-bond donors (Lipinski definition) is 0. The zero-order chi connectivity index (χ0) is 9.14. The Morgan fingerprint density at radius 2 is 1.67 bits per heavy atom. The van der Waals surface area contributed by atoms with Crippen LogP contribution in [0, 0.1) is 0 Å². The Morgan fingerprint density at radius 1 is 1.00 bits per heavy atom. The second kappa shape index (κ2) is 3.43.